The summed E-state index contributed by atoms with van der Waals surface area (Å²) in [6.07, 6.45) is 5.37. The average molecular weight is 263 g/mol. The van der Waals surface area contributed by atoms with Crippen molar-refractivity contribution in [2.24, 2.45) is 0 Å². The molecule has 1 aliphatic rings. The first-order valence-corrected chi connectivity index (χ1v) is 7.31. The molecule has 2 N–H and O–H groups in total. The predicted molar refractivity (Wildman–Crippen MR) is 80.7 cm³/mol. The van der Waals surface area contributed by atoms with Gasteiger partial charge < -0.3 is 15.5 Å². The van der Waals surface area contributed by atoms with Crippen LogP contribution in [-0.4, -0.2) is 35.6 Å². The SMILES string of the molecule is CCN(CC)c1ncnc(N2CCCCC2C)c1N. The van der Waals surface area contributed by atoms with Crippen LogP contribution in [0.25, 0.3) is 0 Å². The van der Waals surface area contributed by atoms with Crippen LogP contribution >= 0.6 is 0 Å². The summed E-state index contributed by atoms with van der Waals surface area (Å²) in [4.78, 5) is 13.3. The minimum atomic E-state index is 0.510. The number of rotatable bonds is 4. The zero-order chi connectivity index (χ0) is 13.8. The van der Waals surface area contributed by atoms with Crippen LogP contribution in [0.4, 0.5) is 17.3 Å². The van der Waals surface area contributed by atoms with Crippen molar-refractivity contribution >= 4 is 17.3 Å². The highest BCUT2D eigenvalue weighted by Gasteiger charge is 2.23. The lowest BCUT2D eigenvalue weighted by atomic mass is 10.0. The van der Waals surface area contributed by atoms with Gasteiger partial charge in [-0.25, -0.2) is 9.97 Å². The molecule has 0 spiro atoms. The van der Waals surface area contributed by atoms with Crippen molar-refractivity contribution in [1.29, 1.82) is 0 Å². The molecular weight excluding hydrogens is 238 g/mol. The van der Waals surface area contributed by atoms with Gasteiger partial charge in [0.2, 0.25) is 0 Å². The van der Waals surface area contributed by atoms with Crippen molar-refractivity contribution in [3.05, 3.63) is 6.33 Å². The summed E-state index contributed by atoms with van der Waals surface area (Å²) in [5, 5.41) is 0. The molecule has 0 aromatic carbocycles. The number of hydrogen-bond donors (Lipinski definition) is 1. The lowest BCUT2D eigenvalue weighted by Crippen LogP contribution is -2.39. The van der Waals surface area contributed by atoms with Crippen molar-refractivity contribution in [1.82, 2.24) is 9.97 Å². The van der Waals surface area contributed by atoms with Crippen LogP contribution in [-0.2, 0) is 0 Å². The molecule has 5 nitrogen and oxygen atoms in total. The number of aromatic nitrogens is 2. The van der Waals surface area contributed by atoms with Crippen LogP contribution in [0.3, 0.4) is 0 Å². The predicted octanol–water partition coefficient (Wildman–Crippen LogP) is 2.28. The minimum absolute atomic E-state index is 0.510. The van der Waals surface area contributed by atoms with E-state index in [0.29, 0.717) is 6.04 Å². The van der Waals surface area contributed by atoms with E-state index >= 15 is 0 Å². The molecule has 1 aromatic rings. The third-order valence-corrected chi connectivity index (χ3v) is 3.98. The van der Waals surface area contributed by atoms with E-state index in [-0.39, 0.29) is 0 Å². The lowest BCUT2D eigenvalue weighted by Gasteiger charge is -2.35. The Morgan fingerprint density at radius 1 is 1.32 bits per heavy atom. The first-order valence-electron chi connectivity index (χ1n) is 7.31. The first kappa shape index (κ1) is 13.9. The van der Waals surface area contributed by atoms with Gasteiger partial charge in [-0.15, -0.1) is 0 Å². The number of piperidine rings is 1. The topological polar surface area (TPSA) is 58.3 Å². The Morgan fingerprint density at radius 3 is 2.68 bits per heavy atom. The summed E-state index contributed by atoms with van der Waals surface area (Å²) in [6.45, 7) is 9.35. The van der Waals surface area contributed by atoms with Crippen LogP contribution in [0.1, 0.15) is 40.0 Å². The molecule has 19 heavy (non-hydrogen) atoms. The largest absolute Gasteiger partial charge is 0.393 e. The average Bonchev–Trinajstić information content (AvgIpc) is 2.43. The Morgan fingerprint density at radius 2 is 2.05 bits per heavy atom. The molecule has 2 heterocycles. The van der Waals surface area contributed by atoms with E-state index in [1.54, 1.807) is 6.33 Å². The molecule has 106 valence electrons. The maximum atomic E-state index is 6.32. The van der Waals surface area contributed by atoms with Crippen molar-refractivity contribution < 1.29 is 0 Å². The highest BCUT2D eigenvalue weighted by Crippen LogP contribution is 2.32. The molecule has 1 aromatic heterocycles. The van der Waals surface area contributed by atoms with Crippen molar-refractivity contribution in [2.45, 2.75) is 46.1 Å². The van der Waals surface area contributed by atoms with E-state index in [0.717, 1.165) is 37.0 Å². The second-order valence-electron chi connectivity index (χ2n) is 5.15. The molecule has 0 amide bonds. The number of anilines is 3. The van der Waals surface area contributed by atoms with Gasteiger partial charge in [-0.3, -0.25) is 0 Å². The fourth-order valence-electron chi connectivity index (χ4n) is 2.79. The number of nitrogen functional groups attached to an aromatic ring is 1. The van der Waals surface area contributed by atoms with Crippen molar-refractivity contribution in [3.8, 4) is 0 Å². The van der Waals surface area contributed by atoms with Gasteiger partial charge in [0.05, 0.1) is 0 Å². The summed E-state index contributed by atoms with van der Waals surface area (Å²) >= 11 is 0. The van der Waals surface area contributed by atoms with Gasteiger partial charge in [-0.05, 0) is 40.0 Å². The van der Waals surface area contributed by atoms with Gasteiger partial charge >= 0.3 is 0 Å². The van der Waals surface area contributed by atoms with Gasteiger partial charge in [0.15, 0.2) is 11.6 Å². The summed E-state index contributed by atoms with van der Waals surface area (Å²) in [5.74, 6) is 1.77. The lowest BCUT2D eigenvalue weighted by molar-refractivity contribution is 0.481. The summed E-state index contributed by atoms with van der Waals surface area (Å²) in [6, 6.07) is 0.510. The van der Waals surface area contributed by atoms with Crippen LogP contribution < -0.4 is 15.5 Å². The number of nitrogens with zero attached hydrogens (tertiary/aromatic N) is 4. The Balaban J connectivity index is 2.33. The zero-order valence-corrected chi connectivity index (χ0v) is 12.3. The molecule has 0 aliphatic carbocycles. The Bertz CT molecular complexity index is 416. The van der Waals surface area contributed by atoms with Gasteiger partial charge in [-0.2, -0.15) is 0 Å². The van der Waals surface area contributed by atoms with Crippen LogP contribution in [0.15, 0.2) is 6.33 Å². The first-order chi connectivity index (χ1) is 9.19. The van der Waals surface area contributed by atoms with E-state index < -0.39 is 0 Å². The molecular formula is C14H25N5. The van der Waals surface area contributed by atoms with Crippen molar-refractivity contribution in [2.75, 3.05) is 35.2 Å². The molecule has 1 unspecified atom stereocenters. The molecule has 1 saturated heterocycles. The van der Waals surface area contributed by atoms with Gasteiger partial charge in [0.1, 0.15) is 12.0 Å². The Kier molecular flexibility index (Phi) is 4.45. The van der Waals surface area contributed by atoms with Gasteiger partial charge in [0, 0.05) is 25.7 Å². The molecule has 1 fully saturated rings. The molecule has 5 heteroatoms. The molecule has 0 radical (unpaired) electrons. The Hall–Kier alpha value is -1.52. The second-order valence-corrected chi connectivity index (χ2v) is 5.15. The maximum Gasteiger partial charge on any atom is 0.157 e. The smallest absolute Gasteiger partial charge is 0.157 e. The summed E-state index contributed by atoms with van der Waals surface area (Å²) in [5.41, 5.74) is 7.04. The van der Waals surface area contributed by atoms with Crippen molar-refractivity contribution in [3.63, 3.8) is 0 Å². The summed E-state index contributed by atoms with van der Waals surface area (Å²) in [7, 11) is 0. The minimum Gasteiger partial charge on any atom is -0.393 e. The monoisotopic (exact) mass is 263 g/mol. The Labute approximate surface area is 115 Å². The number of nitrogens with two attached hydrogens (primary N) is 1. The quantitative estimate of drug-likeness (QED) is 0.903. The zero-order valence-electron chi connectivity index (χ0n) is 12.3. The van der Waals surface area contributed by atoms with Gasteiger partial charge in [0.25, 0.3) is 0 Å². The fourth-order valence-corrected chi connectivity index (χ4v) is 2.79. The van der Waals surface area contributed by atoms with E-state index in [1.165, 1.54) is 19.3 Å². The highest BCUT2D eigenvalue weighted by atomic mass is 15.3. The van der Waals surface area contributed by atoms with Crippen LogP contribution in [0.2, 0.25) is 0 Å². The fraction of sp³-hybridized carbons (Fsp3) is 0.714. The summed E-state index contributed by atoms with van der Waals surface area (Å²) < 4.78 is 0. The normalized spacial score (nSPS) is 19.5. The maximum absolute atomic E-state index is 6.32. The van der Waals surface area contributed by atoms with E-state index in [1.807, 2.05) is 0 Å². The third kappa shape index (κ3) is 2.74. The molecule has 0 saturated carbocycles. The second kappa shape index (κ2) is 6.08. The van der Waals surface area contributed by atoms with E-state index in [2.05, 4.69) is 40.5 Å². The van der Waals surface area contributed by atoms with Crippen LogP contribution in [0, 0.1) is 0 Å². The molecule has 0 bridgehead atoms. The van der Waals surface area contributed by atoms with E-state index in [9.17, 15) is 0 Å². The third-order valence-electron chi connectivity index (χ3n) is 3.98. The van der Waals surface area contributed by atoms with Gasteiger partial charge in [-0.1, -0.05) is 0 Å². The standard InChI is InChI=1S/C14H25N5/c1-4-18(5-2)13-12(15)14(17-10-16-13)19-9-7-6-8-11(19)3/h10-11H,4-9,15H2,1-3H3. The van der Waals surface area contributed by atoms with E-state index in [4.69, 9.17) is 5.73 Å². The molecule has 2 rings (SSSR count). The molecule has 1 aliphatic heterocycles. The number of hydrogen-bond acceptors (Lipinski definition) is 5. The van der Waals surface area contributed by atoms with Crippen LogP contribution in [0.5, 0.6) is 0 Å². The highest BCUT2D eigenvalue weighted by molar-refractivity contribution is 5.76. The molecule has 1 atom stereocenters.